The summed E-state index contributed by atoms with van der Waals surface area (Å²) < 4.78 is 1.37. The fourth-order valence-corrected chi connectivity index (χ4v) is 2.98. The van der Waals surface area contributed by atoms with E-state index in [-0.39, 0.29) is 18.0 Å². The molecule has 1 aliphatic rings. The van der Waals surface area contributed by atoms with Crippen LogP contribution in [0.15, 0.2) is 29.3 Å². The van der Waals surface area contributed by atoms with Gasteiger partial charge in [0.1, 0.15) is 6.54 Å². The van der Waals surface area contributed by atoms with Gasteiger partial charge in [-0.25, -0.2) is 4.98 Å². The van der Waals surface area contributed by atoms with E-state index in [1.165, 1.54) is 23.7 Å². The Morgan fingerprint density at radius 2 is 1.91 bits per heavy atom. The summed E-state index contributed by atoms with van der Waals surface area (Å²) in [6.07, 6.45) is 5.84. The lowest BCUT2D eigenvalue weighted by Gasteiger charge is -2.20. The summed E-state index contributed by atoms with van der Waals surface area (Å²) in [6, 6.07) is 5.00. The maximum atomic E-state index is 12.5. The molecule has 0 atom stereocenters. The fraction of sp³-hybridized carbons (Fsp3) is 0.438. The summed E-state index contributed by atoms with van der Waals surface area (Å²) in [5.74, 6) is -0.0211. The number of likely N-dealkylation sites (tertiary alicyclic amines) is 1. The van der Waals surface area contributed by atoms with Crippen molar-refractivity contribution in [3.8, 4) is 0 Å². The highest BCUT2D eigenvalue weighted by molar-refractivity contribution is 6.31. The Balaban J connectivity index is 1.85. The largest absolute Gasteiger partial charge is 0.341 e. The maximum Gasteiger partial charge on any atom is 0.261 e. The molecule has 0 unspecified atom stereocenters. The minimum atomic E-state index is -0.226. The van der Waals surface area contributed by atoms with Crippen molar-refractivity contribution in [2.45, 2.75) is 32.2 Å². The van der Waals surface area contributed by atoms with E-state index >= 15 is 0 Å². The van der Waals surface area contributed by atoms with Crippen molar-refractivity contribution in [3.05, 3.63) is 39.9 Å². The number of benzene rings is 1. The van der Waals surface area contributed by atoms with E-state index in [1.807, 2.05) is 4.90 Å². The first kappa shape index (κ1) is 15.0. The molecule has 22 heavy (non-hydrogen) atoms. The smallest absolute Gasteiger partial charge is 0.261 e. The van der Waals surface area contributed by atoms with E-state index in [4.69, 9.17) is 11.6 Å². The molecular formula is C16H18ClN3O2. The number of halogens is 1. The van der Waals surface area contributed by atoms with Crippen molar-refractivity contribution in [3.63, 3.8) is 0 Å². The highest BCUT2D eigenvalue weighted by Gasteiger charge is 2.17. The molecule has 5 nitrogen and oxygen atoms in total. The van der Waals surface area contributed by atoms with Crippen molar-refractivity contribution < 1.29 is 4.79 Å². The number of rotatable bonds is 2. The summed E-state index contributed by atoms with van der Waals surface area (Å²) in [6.45, 7) is 1.59. The summed E-state index contributed by atoms with van der Waals surface area (Å²) in [5.41, 5.74) is 0.364. The molecule has 1 saturated heterocycles. The molecule has 0 radical (unpaired) electrons. The van der Waals surface area contributed by atoms with Gasteiger partial charge in [0.15, 0.2) is 0 Å². The second kappa shape index (κ2) is 6.48. The molecule has 0 bridgehead atoms. The molecule has 116 valence electrons. The van der Waals surface area contributed by atoms with E-state index in [9.17, 15) is 9.59 Å². The van der Waals surface area contributed by atoms with Gasteiger partial charge < -0.3 is 4.90 Å². The van der Waals surface area contributed by atoms with Crippen molar-refractivity contribution in [1.29, 1.82) is 0 Å². The second-order valence-corrected chi connectivity index (χ2v) is 6.07. The molecule has 0 aliphatic carbocycles. The lowest BCUT2D eigenvalue weighted by molar-refractivity contribution is -0.131. The van der Waals surface area contributed by atoms with Gasteiger partial charge in [-0.05, 0) is 31.0 Å². The standard InChI is InChI=1S/C16H18ClN3O2/c17-12-5-6-14-13(9-12)16(22)20(11-18-14)10-15(21)19-7-3-1-2-4-8-19/h5-6,9,11H,1-4,7-8,10H2. The topological polar surface area (TPSA) is 55.2 Å². The quantitative estimate of drug-likeness (QED) is 0.854. The van der Waals surface area contributed by atoms with E-state index in [0.717, 1.165) is 25.9 Å². The average molecular weight is 320 g/mol. The number of hydrogen-bond acceptors (Lipinski definition) is 3. The van der Waals surface area contributed by atoms with Crippen LogP contribution in [0.2, 0.25) is 5.02 Å². The van der Waals surface area contributed by atoms with Gasteiger partial charge >= 0.3 is 0 Å². The minimum Gasteiger partial charge on any atom is -0.341 e. The van der Waals surface area contributed by atoms with Crippen molar-refractivity contribution >= 4 is 28.4 Å². The van der Waals surface area contributed by atoms with Gasteiger partial charge in [-0.1, -0.05) is 24.4 Å². The van der Waals surface area contributed by atoms with Crippen molar-refractivity contribution in [2.75, 3.05) is 13.1 Å². The van der Waals surface area contributed by atoms with Gasteiger partial charge in [0.05, 0.1) is 17.2 Å². The number of hydrogen-bond donors (Lipinski definition) is 0. The Kier molecular flexibility index (Phi) is 4.43. The lowest BCUT2D eigenvalue weighted by Crippen LogP contribution is -2.37. The number of nitrogens with zero attached hydrogens (tertiary/aromatic N) is 3. The lowest BCUT2D eigenvalue weighted by atomic mass is 10.2. The highest BCUT2D eigenvalue weighted by atomic mass is 35.5. The number of carbonyl (C=O) groups excluding carboxylic acids is 1. The van der Waals surface area contributed by atoms with Crippen LogP contribution in [0.3, 0.4) is 0 Å². The number of fused-ring (bicyclic) bond motifs is 1. The number of aromatic nitrogens is 2. The predicted octanol–water partition coefficient (Wildman–Crippen LogP) is 2.45. The molecule has 0 N–H and O–H groups in total. The third-order valence-corrected chi connectivity index (χ3v) is 4.29. The first-order valence-corrected chi connectivity index (χ1v) is 7.95. The van der Waals surface area contributed by atoms with Crippen molar-refractivity contribution in [2.24, 2.45) is 0 Å². The molecule has 1 amide bonds. The average Bonchev–Trinajstić information content (AvgIpc) is 2.80. The molecule has 0 spiro atoms. The number of amides is 1. The predicted molar refractivity (Wildman–Crippen MR) is 86.1 cm³/mol. The van der Waals surface area contributed by atoms with Crippen molar-refractivity contribution in [1.82, 2.24) is 14.5 Å². The van der Waals surface area contributed by atoms with Crippen LogP contribution in [0.4, 0.5) is 0 Å². The zero-order valence-corrected chi connectivity index (χ0v) is 13.1. The first-order chi connectivity index (χ1) is 10.6. The summed E-state index contributed by atoms with van der Waals surface area (Å²) in [5, 5.41) is 0.932. The van der Waals surface area contributed by atoms with Crippen LogP contribution in [-0.4, -0.2) is 33.4 Å². The van der Waals surface area contributed by atoms with Crippen LogP contribution in [0, 0.1) is 0 Å². The molecule has 6 heteroatoms. The van der Waals surface area contributed by atoms with E-state index in [1.54, 1.807) is 18.2 Å². The Bertz CT molecular complexity index is 749. The first-order valence-electron chi connectivity index (χ1n) is 7.57. The zero-order valence-electron chi connectivity index (χ0n) is 12.3. The molecule has 1 aliphatic heterocycles. The van der Waals surface area contributed by atoms with Gasteiger partial charge in [0.25, 0.3) is 5.56 Å². The molecule has 1 aromatic heterocycles. The van der Waals surface area contributed by atoms with Crippen LogP contribution in [0.25, 0.3) is 10.9 Å². The van der Waals surface area contributed by atoms with Gasteiger partial charge in [-0.3, -0.25) is 14.2 Å². The summed E-state index contributed by atoms with van der Waals surface area (Å²) in [7, 11) is 0. The molecular weight excluding hydrogens is 302 g/mol. The highest BCUT2D eigenvalue weighted by Crippen LogP contribution is 2.14. The fourth-order valence-electron chi connectivity index (χ4n) is 2.81. The van der Waals surface area contributed by atoms with E-state index in [2.05, 4.69) is 4.98 Å². The zero-order chi connectivity index (χ0) is 15.5. The summed E-state index contributed by atoms with van der Waals surface area (Å²) in [4.78, 5) is 30.9. The monoisotopic (exact) mass is 319 g/mol. The summed E-state index contributed by atoms with van der Waals surface area (Å²) >= 11 is 5.94. The normalized spacial score (nSPS) is 15.8. The molecule has 1 fully saturated rings. The van der Waals surface area contributed by atoms with Gasteiger partial charge in [0.2, 0.25) is 5.91 Å². The molecule has 3 rings (SSSR count). The van der Waals surface area contributed by atoms with Crippen LogP contribution in [0.5, 0.6) is 0 Å². The SMILES string of the molecule is O=C(Cn1cnc2ccc(Cl)cc2c1=O)N1CCCCCC1. The third-order valence-electron chi connectivity index (χ3n) is 4.05. The Morgan fingerprint density at radius 1 is 1.18 bits per heavy atom. The minimum absolute atomic E-state index is 0.0211. The molecule has 1 aromatic carbocycles. The Labute approximate surface area is 133 Å². The van der Waals surface area contributed by atoms with Crippen LogP contribution >= 0.6 is 11.6 Å². The van der Waals surface area contributed by atoms with Gasteiger partial charge in [0, 0.05) is 18.1 Å². The van der Waals surface area contributed by atoms with Crippen LogP contribution < -0.4 is 5.56 Å². The third kappa shape index (κ3) is 3.14. The Hall–Kier alpha value is -1.88. The van der Waals surface area contributed by atoms with E-state index in [0.29, 0.717) is 15.9 Å². The molecule has 2 heterocycles. The van der Waals surface area contributed by atoms with Crippen LogP contribution in [-0.2, 0) is 11.3 Å². The van der Waals surface area contributed by atoms with Gasteiger partial charge in [-0.15, -0.1) is 0 Å². The Morgan fingerprint density at radius 3 is 2.64 bits per heavy atom. The second-order valence-electron chi connectivity index (χ2n) is 5.63. The number of carbonyl (C=O) groups is 1. The molecule has 0 saturated carbocycles. The van der Waals surface area contributed by atoms with Gasteiger partial charge in [-0.2, -0.15) is 0 Å². The molecule has 2 aromatic rings. The maximum absolute atomic E-state index is 12.5. The van der Waals surface area contributed by atoms with Crippen LogP contribution in [0.1, 0.15) is 25.7 Å². The van der Waals surface area contributed by atoms with E-state index < -0.39 is 0 Å².